The zero-order valence-corrected chi connectivity index (χ0v) is 15.0. The van der Waals surface area contributed by atoms with Crippen LogP contribution in [-0.2, 0) is 4.79 Å². The molecule has 0 heterocycles. The third kappa shape index (κ3) is 4.48. The first-order chi connectivity index (χ1) is 13.6. The second kappa shape index (κ2) is 8.43. The van der Waals surface area contributed by atoms with Crippen molar-refractivity contribution in [2.45, 2.75) is 0 Å². The summed E-state index contributed by atoms with van der Waals surface area (Å²) in [4.78, 5) is 14.4. The molecule has 0 fully saturated rings. The largest absolute Gasteiger partial charge is 0.399 e. The standard InChI is InChI=1S/C22H19N5O/c23-14-16(22(28)26-19-10-6-17(24)7-11-19)15-27(20-4-2-1-3-5-20)21-12-8-18(25)9-13-21/h1-13,15H,24-25H2,(H,26,28)/b16-15-. The minimum atomic E-state index is -0.511. The minimum absolute atomic E-state index is 0.0440. The van der Waals surface area contributed by atoms with E-state index in [9.17, 15) is 10.1 Å². The zero-order chi connectivity index (χ0) is 19.9. The summed E-state index contributed by atoms with van der Waals surface area (Å²) in [5.41, 5.74) is 14.7. The van der Waals surface area contributed by atoms with Crippen LogP contribution in [0.25, 0.3) is 0 Å². The molecule has 0 aliphatic carbocycles. The number of nitriles is 1. The first-order valence-electron chi connectivity index (χ1n) is 8.55. The Labute approximate surface area is 163 Å². The van der Waals surface area contributed by atoms with Crippen molar-refractivity contribution in [1.82, 2.24) is 0 Å². The quantitative estimate of drug-likeness (QED) is 0.357. The monoisotopic (exact) mass is 369 g/mol. The summed E-state index contributed by atoms with van der Waals surface area (Å²) in [7, 11) is 0. The highest BCUT2D eigenvalue weighted by molar-refractivity contribution is 6.07. The molecule has 0 aliphatic heterocycles. The van der Waals surface area contributed by atoms with Crippen LogP contribution in [0.3, 0.4) is 0 Å². The summed E-state index contributed by atoms with van der Waals surface area (Å²) in [6, 6.07) is 25.3. The first kappa shape index (κ1) is 18.5. The molecule has 6 nitrogen and oxygen atoms in total. The summed E-state index contributed by atoms with van der Waals surface area (Å²) in [5, 5.41) is 12.3. The maximum Gasteiger partial charge on any atom is 0.267 e. The van der Waals surface area contributed by atoms with E-state index in [0.29, 0.717) is 17.1 Å². The maximum atomic E-state index is 12.6. The van der Waals surface area contributed by atoms with Crippen molar-refractivity contribution in [3.05, 3.63) is 90.6 Å². The molecule has 3 aromatic carbocycles. The molecule has 0 aliphatic rings. The van der Waals surface area contributed by atoms with E-state index in [2.05, 4.69) is 5.32 Å². The van der Waals surface area contributed by atoms with Crippen LogP contribution in [0.2, 0.25) is 0 Å². The predicted octanol–water partition coefficient (Wildman–Crippen LogP) is 4.04. The predicted molar refractivity (Wildman–Crippen MR) is 113 cm³/mol. The zero-order valence-electron chi connectivity index (χ0n) is 15.0. The van der Waals surface area contributed by atoms with Gasteiger partial charge in [-0.3, -0.25) is 4.79 Å². The van der Waals surface area contributed by atoms with Gasteiger partial charge in [-0.2, -0.15) is 5.26 Å². The topological polar surface area (TPSA) is 108 Å². The number of nitrogens with one attached hydrogen (secondary N) is 1. The Balaban J connectivity index is 1.94. The highest BCUT2D eigenvalue weighted by atomic mass is 16.1. The highest BCUT2D eigenvalue weighted by Gasteiger charge is 2.14. The SMILES string of the molecule is N#C/C(=C/N(c1ccccc1)c1ccc(N)cc1)C(=O)Nc1ccc(N)cc1. The van der Waals surface area contributed by atoms with Crippen LogP contribution >= 0.6 is 0 Å². The van der Waals surface area contributed by atoms with Crippen molar-refractivity contribution >= 4 is 34.3 Å². The summed E-state index contributed by atoms with van der Waals surface area (Å²) < 4.78 is 0. The van der Waals surface area contributed by atoms with Gasteiger partial charge in [0.15, 0.2) is 0 Å². The number of benzene rings is 3. The Morgan fingerprint density at radius 3 is 1.96 bits per heavy atom. The lowest BCUT2D eigenvalue weighted by atomic mass is 10.2. The van der Waals surface area contributed by atoms with Crippen LogP contribution in [0, 0.1) is 11.3 Å². The summed E-state index contributed by atoms with van der Waals surface area (Å²) >= 11 is 0. The van der Waals surface area contributed by atoms with Crippen LogP contribution in [0.1, 0.15) is 0 Å². The van der Waals surface area contributed by atoms with Crippen LogP contribution in [0.5, 0.6) is 0 Å². The normalized spacial score (nSPS) is 10.8. The van der Waals surface area contributed by atoms with Gasteiger partial charge in [-0.25, -0.2) is 0 Å². The number of anilines is 5. The number of hydrogen-bond donors (Lipinski definition) is 3. The third-order valence-corrected chi connectivity index (χ3v) is 4.00. The van der Waals surface area contributed by atoms with Gasteiger partial charge in [0.1, 0.15) is 11.6 Å². The van der Waals surface area contributed by atoms with E-state index in [-0.39, 0.29) is 5.57 Å². The molecule has 6 heteroatoms. The Morgan fingerprint density at radius 1 is 0.857 bits per heavy atom. The number of amides is 1. The van der Waals surface area contributed by atoms with Gasteiger partial charge in [0, 0.05) is 34.6 Å². The summed E-state index contributed by atoms with van der Waals surface area (Å²) in [6.07, 6.45) is 1.51. The molecule has 1 amide bonds. The van der Waals surface area contributed by atoms with E-state index in [1.807, 2.05) is 48.5 Å². The summed E-state index contributed by atoms with van der Waals surface area (Å²) in [6.45, 7) is 0. The Morgan fingerprint density at radius 2 is 1.39 bits per heavy atom. The van der Waals surface area contributed by atoms with E-state index in [1.165, 1.54) is 6.20 Å². The van der Waals surface area contributed by atoms with E-state index in [1.54, 1.807) is 41.3 Å². The molecule has 3 rings (SSSR count). The number of nitrogens with two attached hydrogens (primary N) is 2. The van der Waals surface area contributed by atoms with Crippen molar-refractivity contribution in [2.75, 3.05) is 21.7 Å². The molecule has 0 saturated heterocycles. The molecular weight excluding hydrogens is 350 g/mol. The van der Waals surface area contributed by atoms with Crippen molar-refractivity contribution in [1.29, 1.82) is 5.26 Å². The molecule has 3 aromatic rings. The van der Waals surface area contributed by atoms with E-state index < -0.39 is 5.91 Å². The number of rotatable bonds is 5. The van der Waals surface area contributed by atoms with Gasteiger partial charge in [-0.1, -0.05) is 18.2 Å². The van der Waals surface area contributed by atoms with Gasteiger partial charge in [-0.05, 0) is 60.7 Å². The Hall–Kier alpha value is -4.24. The maximum absolute atomic E-state index is 12.6. The first-order valence-corrected chi connectivity index (χ1v) is 8.55. The molecule has 5 N–H and O–H groups in total. The van der Waals surface area contributed by atoms with Gasteiger partial charge in [0.05, 0.1) is 0 Å². The van der Waals surface area contributed by atoms with E-state index >= 15 is 0 Å². The fourth-order valence-electron chi connectivity index (χ4n) is 2.55. The van der Waals surface area contributed by atoms with Gasteiger partial charge in [0.2, 0.25) is 0 Å². The lowest BCUT2D eigenvalue weighted by Gasteiger charge is -2.21. The van der Waals surface area contributed by atoms with Gasteiger partial charge in [0.25, 0.3) is 5.91 Å². The third-order valence-electron chi connectivity index (χ3n) is 4.00. The molecule has 0 atom stereocenters. The van der Waals surface area contributed by atoms with E-state index in [0.717, 1.165) is 11.4 Å². The van der Waals surface area contributed by atoms with Crippen LogP contribution in [-0.4, -0.2) is 5.91 Å². The number of nitrogens with zero attached hydrogens (tertiary/aromatic N) is 2. The smallest absolute Gasteiger partial charge is 0.267 e. The van der Waals surface area contributed by atoms with Crippen molar-refractivity contribution in [2.24, 2.45) is 0 Å². The number of nitrogen functional groups attached to an aromatic ring is 2. The molecule has 28 heavy (non-hydrogen) atoms. The molecule has 0 unspecified atom stereocenters. The molecule has 138 valence electrons. The fourth-order valence-corrected chi connectivity index (χ4v) is 2.55. The molecule has 0 bridgehead atoms. The average Bonchev–Trinajstić information content (AvgIpc) is 2.72. The fraction of sp³-hybridized carbons (Fsp3) is 0. The molecule has 0 spiro atoms. The van der Waals surface area contributed by atoms with Gasteiger partial charge < -0.3 is 21.7 Å². The second-order valence-corrected chi connectivity index (χ2v) is 6.03. The molecule has 0 radical (unpaired) electrons. The van der Waals surface area contributed by atoms with Gasteiger partial charge in [-0.15, -0.1) is 0 Å². The Kier molecular flexibility index (Phi) is 5.58. The summed E-state index contributed by atoms with van der Waals surface area (Å²) in [5.74, 6) is -0.511. The lowest BCUT2D eigenvalue weighted by molar-refractivity contribution is -0.112. The Bertz CT molecular complexity index is 1020. The van der Waals surface area contributed by atoms with Gasteiger partial charge >= 0.3 is 0 Å². The van der Waals surface area contributed by atoms with E-state index in [4.69, 9.17) is 11.5 Å². The number of para-hydroxylation sites is 1. The van der Waals surface area contributed by atoms with Crippen molar-refractivity contribution in [3.63, 3.8) is 0 Å². The minimum Gasteiger partial charge on any atom is -0.399 e. The van der Waals surface area contributed by atoms with Crippen molar-refractivity contribution < 1.29 is 4.79 Å². The highest BCUT2D eigenvalue weighted by Crippen LogP contribution is 2.27. The number of hydrogen-bond acceptors (Lipinski definition) is 5. The van der Waals surface area contributed by atoms with Crippen LogP contribution in [0.4, 0.5) is 28.4 Å². The second-order valence-electron chi connectivity index (χ2n) is 6.03. The molecule has 0 aromatic heterocycles. The van der Waals surface area contributed by atoms with Crippen molar-refractivity contribution in [3.8, 4) is 6.07 Å². The average molecular weight is 369 g/mol. The molecule has 0 saturated carbocycles. The molecular formula is C22H19N5O. The number of carbonyl (C=O) groups is 1. The lowest BCUT2D eigenvalue weighted by Crippen LogP contribution is -2.18. The number of carbonyl (C=O) groups excluding carboxylic acids is 1. The van der Waals surface area contributed by atoms with Crippen LogP contribution in [0.15, 0.2) is 90.6 Å². The van der Waals surface area contributed by atoms with Crippen LogP contribution < -0.4 is 21.7 Å².